The SMILES string of the molecule is CCN1C(=O)C(C)(C)COc2cc(NC(=O)NCCCc3ccccc3)ccc21. The van der Waals surface area contributed by atoms with Gasteiger partial charge in [0.2, 0.25) is 5.91 Å². The molecule has 0 atom stereocenters. The van der Waals surface area contributed by atoms with E-state index in [1.54, 1.807) is 17.0 Å². The van der Waals surface area contributed by atoms with Crippen molar-refractivity contribution in [1.82, 2.24) is 5.32 Å². The van der Waals surface area contributed by atoms with Crippen LogP contribution >= 0.6 is 0 Å². The van der Waals surface area contributed by atoms with E-state index in [2.05, 4.69) is 22.8 Å². The van der Waals surface area contributed by atoms with Crippen molar-refractivity contribution in [2.45, 2.75) is 33.6 Å². The van der Waals surface area contributed by atoms with Gasteiger partial charge in [0, 0.05) is 24.8 Å². The Labute approximate surface area is 172 Å². The van der Waals surface area contributed by atoms with Crippen molar-refractivity contribution in [3.05, 3.63) is 54.1 Å². The molecule has 1 heterocycles. The maximum atomic E-state index is 12.7. The molecular weight excluding hydrogens is 366 g/mol. The molecule has 1 aliphatic heterocycles. The van der Waals surface area contributed by atoms with Gasteiger partial charge in [0.15, 0.2) is 0 Å². The van der Waals surface area contributed by atoms with E-state index in [0.717, 1.165) is 18.5 Å². The number of nitrogens with zero attached hydrogens (tertiary/aromatic N) is 1. The van der Waals surface area contributed by atoms with E-state index in [0.29, 0.717) is 31.1 Å². The van der Waals surface area contributed by atoms with E-state index in [9.17, 15) is 9.59 Å². The van der Waals surface area contributed by atoms with Gasteiger partial charge in [-0.1, -0.05) is 30.3 Å². The third-order valence-electron chi connectivity index (χ3n) is 5.01. The van der Waals surface area contributed by atoms with E-state index in [-0.39, 0.29) is 11.9 Å². The minimum absolute atomic E-state index is 0.0376. The lowest BCUT2D eigenvalue weighted by Gasteiger charge is -2.26. The number of benzene rings is 2. The van der Waals surface area contributed by atoms with Gasteiger partial charge in [-0.2, -0.15) is 0 Å². The van der Waals surface area contributed by atoms with Crippen LogP contribution in [0.25, 0.3) is 0 Å². The van der Waals surface area contributed by atoms with Gasteiger partial charge < -0.3 is 20.3 Å². The zero-order chi connectivity index (χ0) is 20.9. The number of nitrogens with one attached hydrogen (secondary N) is 2. The van der Waals surface area contributed by atoms with Crippen molar-refractivity contribution in [3.63, 3.8) is 0 Å². The minimum atomic E-state index is -0.598. The molecule has 0 bridgehead atoms. The van der Waals surface area contributed by atoms with E-state index in [1.165, 1.54) is 5.56 Å². The van der Waals surface area contributed by atoms with Gasteiger partial charge in [0.25, 0.3) is 0 Å². The van der Waals surface area contributed by atoms with Crippen molar-refractivity contribution >= 4 is 23.3 Å². The Kier molecular flexibility index (Phi) is 6.42. The normalized spacial score (nSPS) is 15.1. The number of hydrogen-bond donors (Lipinski definition) is 2. The number of aryl methyl sites for hydroxylation is 1. The van der Waals surface area contributed by atoms with Crippen molar-refractivity contribution in [3.8, 4) is 5.75 Å². The molecule has 2 aromatic rings. The number of hydrogen-bond acceptors (Lipinski definition) is 3. The van der Waals surface area contributed by atoms with Crippen molar-refractivity contribution in [2.75, 3.05) is 29.9 Å². The number of rotatable bonds is 6. The molecule has 1 aliphatic rings. The second kappa shape index (κ2) is 8.99. The zero-order valence-electron chi connectivity index (χ0n) is 17.3. The molecule has 2 aromatic carbocycles. The van der Waals surface area contributed by atoms with Crippen LogP contribution in [0.4, 0.5) is 16.2 Å². The van der Waals surface area contributed by atoms with Crippen LogP contribution in [0.15, 0.2) is 48.5 Å². The van der Waals surface area contributed by atoms with Crippen molar-refractivity contribution in [2.24, 2.45) is 5.41 Å². The molecule has 6 heteroatoms. The Morgan fingerprint density at radius 3 is 2.66 bits per heavy atom. The Bertz CT molecular complexity index is 865. The molecule has 0 unspecified atom stereocenters. The summed E-state index contributed by atoms with van der Waals surface area (Å²) in [5.41, 5.74) is 2.03. The average molecular weight is 396 g/mol. The van der Waals surface area contributed by atoms with Crippen LogP contribution in [0.5, 0.6) is 5.75 Å². The highest BCUT2D eigenvalue weighted by molar-refractivity contribution is 6.00. The molecule has 6 nitrogen and oxygen atoms in total. The summed E-state index contributed by atoms with van der Waals surface area (Å²) in [6, 6.07) is 15.3. The minimum Gasteiger partial charge on any atom is -0.490 e. The molecule has 3 rings (SSSR count). The maximum absolute atomic E-state index is 12.7. The smallest absolute Gasteiger partial charge is 0.319 e. The van der Waals surface area contributed by atoms with Gasteiger partial charge in [-0.3, -0.25) is 4.79 Å². The first-order chi connectivity index (χ1) is 13.9. The second-order valence-electron chi connectivity index (χ2n) is 7.87. The highest BCUT2D eigenvalue weighted by atomic mass is 16.5. The predicted octanol–water partition coefficient (Wildman–Crippen LogP) is 4.21. The van der Waals surface area contributed by atoms with Gasteiger partial charge in [0.1, 0.15) is 12.4 Å². The Balaban J connectivity index is 1.58. The molecule has 0 saturated heterocycles. The van der Waals surface area contributed by atoms with Gasteiger partial charge in [-0.05, 0) is 51.3 Å². The van der Waals surface area contributed by atoms with Crippen LogP contribution in [0, 0.1) is 5.41 Å². The molecule has 154 valence electrons. The van der Waals surface area contributed by atoms with Crippen molar-refractivity contribution in [1.29, 1.82) is 0 Å². The molecule has 3 amide bonds. The first-order valence-corrected chi connectivity index (χ1v) is 10.1. The monoisotopic (exact) mass is 395 g/mol. The van der Waals surface area contributed by atoms with Gasteiger partial charge in [0.05, 0.1) is 11.1 Å². The predicted molar refractivity (Wildman–Crippen MR) is 116 cm³/mol. The molecule has 0 radical (unpaired) electrons. The van der Waals surface area contributed by atoms with E-state index >= 15 is 0 Å². The quantitative estimate of drug-likeness (QED) is 0.720. The molecule has 0 saturated carbocycles. The average Bonchev–Trinajstić information content (AvgIpc) is 2.80. The van der Waals surface area contributed by atoms with E-state index in [1.807, 2.05) is 45.0 Å². The molecule has 0 aromatic heterocycles. The lowest BCUT2D eigenvalue weighted by atomic mass is 9.93. The third kappa shape index (κ3) is 5.08. The van der Waals surface area contributed by atoms with E-state index in [4.69, 9.17) is 4.74 Å². The molecule has 0 fully saturated rings. The Hall–Kier alpha value is -3.02. The summed E-state index contributed by atoms with van der Waals surface area (Å²) in [5.74, 6) is 0.642. The third-order valence-corrected chi connectivity index (χ3v) is 5.01. The first kappa shape index (κ1) is 20.7. The molecular formula is C23H29N3O3. The first-order valence-electron chi connectivity index (χ1n) is 10.1. The second-order valence-corrected chi connectivity index (χ2v) is 7.87. The fraction of sp³-hybridized carbons (Fsp3) is 0.391. The molecule has 0 spiro atoms. The van der Waals surface area contributed by atoms with Crippen LogP contribution in [-0.2, 0) is 11.2 Å². The van der Waals surface area contributed by atoms with Gasteiger partial charge in [-0.25, -0.2) is 4.79 Å². The number of amides is 3. The zero-order valence-corrected chi connectivity index (χ0v) is 17.3. The number of ether oxygens (including phenoxy) is 1. The van der Waals surface area contributed by atoms with Crippen LogP contribution in [0.3, 0.4) is 0 Å². The van der Waals surface area contributed by atoms with Crippen LogP contribution in [-0.4, -0.2) is 31.6 Å². The van der Waals surface area contributed by atoms with Gasteiger partial charge >= 0.3 is 6.03 Å². The Morgan fingerprint density at radius 2 is 1.93 bits per heavy atom. The summed E-state index contributed by atoms with van der Waals surface area (Å²) in [6.07, 6.45) is 1.79. The lowest BCUT2D eigenvalue weighted by Crippen LogP contribution is -2.42. The highest BCUT2D eigenvalue weighted by Crippen LogP contribution is 2.38. The molecule has 0 aliphatic carbocycles. The standard InChI is InChI=1S/C23H29N3O3/c1-4-26-19-13-12-18(15-20(19)29-16-23(2,3)21(26)27)25-22(28)24-14-8-11-17-9-6-5-7-10-17/h5-7,9-10,12-13,15H,4,8,11,14,16H2,1-3H3,(H2,24,25,28). The number of urea groups is 1. The number of carbonyl (C=O) groups is 2. The summed E-state index contributed by atoms with van der Waals surface area (Å²) in [6.45, 7) is 7.15. The summed E-state index contributed by atoms with van der Waals surface area (Å²) in [4.78, 5) is 26.7. The van der Waals surface area contributed by atoms with Crippen LogP contribution < -0.4 is 20.3 Å². The number of carbonyl (C=O) groups excluding carboxylic acids is 2. The lowest BCUT2D eigenvalue weighted by molar-refractivity contribution is -0.127. The topological polar surface area (TPSA) is 70.7 Å². The molecule has 29 heavy (non-hydrogen) atoms. The summed E-state index contributed by atoms with van der Waals surface area (Å²) in [5, 5.41) is 5.72. The van der Waals surface area contributed by atoms with Crippen LogP contribution in [0.1, 0.15) is 32.8 Å². The maximum Gasteiger partial charge on any atom is 0.319 e. The highest BCUT2D eigenvalue weighted by Gasteiger charge is 2.37. The Morgan fingerprint density at radius 1 is 1.17 bits per heavy atom. The van der Waals surface area contributed by atoms with Gasteiger partial charge in [-0.15, -0.1) is 0 Å². The summed E-state index contributed by atoms with van der Waals surface area (Å²) >= 11 is 0. The van der Waals surface area contributed by atoms with Crippen LogP contribution in [0.2, 0.25) is 0 Å². The fourth-order valence-electron chi connectivity index (χ4n) is 3.35. The summed E-state index contributed by atoms with van der Waals surface area (Å²) in [7, 11) is 0. The largest absolute Gasteiger partial charge is 0.490 e. The molecule has 2 N–H and O–H groups in total. The fourth-order valence-corrected chi connectivity index (χ4v) is 3.35. The summed E-state index contributed by atoms with van der Waals surface area (Å²) < 4.78 is 5.90. The van der Waals surface area contributed by atoms with Crippen molar-refractivity contribution < 1.29 is 14.3 Å². The number of anilines is 2. The van der Waals surface area contributed by atoms with E-state index < -0.39 is 5.41 Å². The number of fused-ring (bicyclic) bond motifs is 1.